The Bertz CT molecular complexity index is 508. The maximum Gasteiger partial charge on any atom is 0.140 e. The Kier molecular flexibility index (Phi) is 3.37. The third-order valence-electron chi connectivity index (χ3n) is 2.32. The van der Waals surface area contributed by atoms with E-state index in [1.165, 1.54) is 5.56 Å². The molecule has 1 heterocycles. The minimum absolute atomic E-state index is 0.329. The van der Waals surface area contributed by atoms with Gasteiger partial charge in [0.2, 0.25) is 0 Å². The van der Waals surface area contributed by atoms with E-state index in [1.807, 2.05) is 22.9 Å². The largest absolute Gasteiger partial charge is 0.317 e. The first kappa shape index (κ1) is 10.9. The van der Waals surface area contributed by atoms with Crippen LogP contribution in [0.2, 0.25) is 0 Å². The standard InChI is InChI=1S/C12H10BrN3/c13-9-10-1-3-11(4-2-10)12-15-6-8-16(12)7-5-14/h1-4,6,8H,7,9H2. The smallest absolute Gasteiger partial charge is 0.140 e. The van der Waals surface area contributed by atoms with Crippen LogP contribution in [0, 0.1) is 11.3 Å². The summed E-state index contributed by atoms with van der Waals surface area (Å²) in [6, 6.07) is 10.3. The van der Waals surface area contributed by atoms with Crippen molar-refractivity contribution in [1.82, 2.24) is 9.55 Å². The maximum absolute atomic E-state index is 8.69. The molecule has 0 saturated carbocycles. The topological polar surface area (TPSA) is 41.6 Å². The Morgan fingerprint density at radius 1 is 1.31 bits per heavy atom. The Morgan fingerprint density at radius 2 is 2.06 bits per heavy atom. The van der Waals surface area contributed by atoms with Gasteiger partial charge in [0.05, 0.1) is 6.07 Å². The van der Waals surface area contributed by atoms with E-state index < -0.39 is 0 Å². The summed E-state index contributed by atoms with van der Waals surface area (Å²) in [4.78, 5) is 4.26. The summed E-state index contributed by atoms with van der Waals surface area (Å²) in [6.07, 6.45) is 3.53. The van der Waals surface area contributed by atoms with Crippen LogP contribution in [0.1, 0.15) is 5.56 Å². The Labute approximate surface area is 102 Å². The molecule has 0 unspecified atom stereocenters. The molecule has 2 aromatic rings. The number of hydrogen-bond donors (Lipinski definition) is 0. The average Bonchev–Trinajstić information content (AvgIpc) is 2.78. The van der Waals surface area contributed by atoms with Gasteiger partial charge in [0.1, 0.15) is 12.4 Å². The molecule has 1 aromatic carbocycles. The van der Waals surface area contributed by atoms with Gasteiger partial charge in [-0.05, 0) is 5.56 Å². The Balaban J connectivity index is 2.35. The third kappa shape index (κ3) is 2.15. The Morgan fingerprint density at radius 3 is 2.69 bits per heavy atom. The summed E-state index contributed by atoms with van der Waals surface area (Å²) in [7, 11) is 0. The average molecular weight is 276 g/mol. The van der Waals surface area contributed by atoms with Gasteiger partial charge < -0.3 is 4.57 Å². The molecule has 0 N–H and O–H groups in total. The number of imidazole rings is 1. The molecule has 0 radical (unpaired) electrons. The molecular weight excluding hydrogens is 266 g/mol. The van der Waals surface area contributed by atoms with E-state index in [0.717, 1.165) is 16.7 Å². The van der Waals surface area contributed by atoms with Crippen LogP contribution < -0.4 is 0 Å². The van der Waals surface area contributed by atoms with E-state index in [4.69, 9.17) is 5.26 Å². The molecular formula is C12H10BrN3. The van der Waals surface area contributed by atoms with Crippen LogP contribution >= 0.6 is 15.9 Å². The lowest BCUT2D eigenvalue weighted by molar-refractivity contribution is 0.841. The zero-order chi connectivity index (χ0) is 11.4. The van der Waals surface area contributed by atoms with Crippen LogP contribution in [0.4, 0.5) is 0 Å². The molecule has 1 aromatic heterocycles. The van der Waals surface area contributed by atoms with Gasteiger partial charge in [-0.1, -0.05) is 40.2 Å². The van der Waals surface area contributed by atoms with Crippen molar-refractivity contribution in [3.8, 4) is 17.5 Å². The normalized spacial score (nSPS) is 10.0. The van der Waals surface area contributed by atoms with E-state index in [1.54, 1.807) is 6.20 Å². The summed E-state index contributed by atoms with van der Waals surface area (Å²) in [6.45, 7) is 0.329. The first-order valence-corrected chi connectivity index (χ1v) is 6.00. The second kappa shape index (κ2) is 4.95. The van der Waals surface area contributed by atoms with Crippen LogP contribution in [0.3, 0.4) is 0 Å². The van der Waals surface area contributed by atoms with Gasteiger partial charge in [0.15, 0.2) is 0 Å². The summed E-state index contributed by atoms with van der Waals surface area (Å²) in [5.74, 6) is 0.836. The van der Waals surface area contributed by atoms with Gasteiger partial charge in [-0.3, -0.25) is 0 Å². The zero-order valence-electron chi connectivity index (χ0n) is 8.60. The molecule has 16 heavy (non-hydrogen) atoms. The highest BCUT2D eigenvalue weighted by Gasteiger charge is 2.04. The van der Waals surface area contributed by atoms with Crippen molar-refractivity contribution in [2.45, 2.75) is 11.9 Å². The monoisotopic (exact) mass is 275 g/mol. The van der Waals surface area contributed by atoms with E-state index in [0.29, 0.717) is 6.54 Å². The fourth-order valence-electron chi connectivity index (χ4n) is 1.52. The van der Waals surface area contributed by atoms with Gasteiger partial charge in [-0.2, -0.15) is 5.26 Å². The van der Waals surface area contributed by atoms with Crippen LogP contribution in [0.5, 0.6) is 0 Å². The fraction of sp³-hybridized carbons (Fsp3) is 0.167. The summed E-state index contributed by atoms with van der Waals surface area (Å²) in [5, 5.41) is 9.53. The first-order valence-electron chi connectivity index (χ1n) is 4.88. The predicted octanol–water partition coefficient (Wildman–Crippen LogP) is 2.97. The molecule has 2 rings (SSSR count). The quantitative estimate of drug-likeness (QED) is 0.809. The number of nitriles is 1. The van der Waals surface area contributed by atoms with E-state index in [-0.39, 0.29) is 0 Å². The van der Waals surface area contributed by atoms with Crippen LogP contribution in [0.25, 0.3) is 11.4 Å². The highest BCUT2D eigenvalue weighted by atomic mass is 79.9. The van der Waals surface area contributed by atoms with E-state index in [9.17, 15) is 0 Å². The van der Waals surface area contributed by atoms with Crippen LogP contribution in [0.15, 0.2) is 36.7 Å². The van der Waals surface area contributed by atoms with E-state index in [2.05, 4.69) is 39.1 Å². The van der Waals surface area contributed by atoms with Crippen molar-refractivity contribution in [2.24, 2.45) is 0 Å². The minimum Gasteiger partial charge on any atom is -0.317 e. The third-order valence-corrected chi connectivity index (χ3v) is 2.97. The molecule has 0 spiro atoms. The fourth-order valence-corrected chi connectivity index (χ4v) is 1.89. The van der Waals surface area contributed by atoms with Crippen molar-refractivity contribution < 1.29 is 0 Å². The molecule has 0 fully saturated rings. The lowest BCUT2D eigenvalue weighted by Crippen LogP contribution is -1.97. The molecule has 0 bridgehead atoms. The number of benzene rings is 1. The SMILES string of the molecule is N#CCn1ccnc1-c1ccc(CBr)cc1. The maximum atomic E-state index is 8.69. The van der Waals surface area contributed by atoms with Crippen molar-refractivity contribution in [1.29, 1.82) is 5.26 Å². The Hall–Kier alpha value is -1.60. The van der Waals surface area contributed by atoms with Gasteiger partial charge in [0.25, 0.3) is 0 Å². The van der Waals surface area contributed by atoms with E-state index >= 15 is 0 Å². The predicted molar refractivity (Wildman–Crippen MR) is 65.9 cm³/mol. The number of halogens is 1. The molecule has 4 heteroatoms. The summed E-state index contributed by atoms with van der Waals surface area (Å²) < 4.78 is 1.84. The minimum atomic E-state index is 0.329. The van der Waals surface area contributed by atoms with Crippen molar-refractivity contribution >= 4 is 15.9 Å². The van der Waals surface area contributed by atoms with Crippen molar-refractivity contribution in [2.75, 3.05) is 0 Å². The van der Waals surface area contributed by atoms with Gasteiger partial charge >= 0.3 is 0 Å². The highest BCUT2D eigenvalue weighted by molar-refractivity contribution is 9.08. The number of alkyl halides is 1. The second-order valence-electron chi connectivity index (χ2n) is 3.37. The second-order valence-corrected chi connectivity index (χ2v) is 3.93. The molecule has 0 atom stereocenters. The number of aromatic nitrogens is 2. The molecule has 0 aliphatic rings. The molecule has 3 nitrogen and oxygen atoms in total. The summed E-state index contributed by atoms with van der Waals surface area (Å²) in [5.41, 5.74) is 2.26. The summed E-state index contributed by atoms with van der Waals surface area (Å²) >= 11 is 3.41. The molecule has 0 aliphatic carbocycles. The number of hydrogen-bond acceptors (Lipinski definition) is 2. The zero-order valence-corrected chi connectivity index (χ0v) is 10.2. The molecule has 80 valence electrons. The highest BCUT2D eigenvalue weighted by Crippen LogP contribution is 2.18. The molecule has 0 saturated heterocycles. The number of rotatable bonds is 3. The number of nitrogens with zero attached hydrogens (tertiary/aromatic N) is 3. The lowest BCUT2D eigenvalue weighted by atomic mass is 10.1. The van der Waals surface area contributed by atoms with Gasteiger partial charge in [-0.25, -0.2) is 4.98 Å². The molecule has 0 amide bonds. The van der Waals surface area contributed by atoms with Crippen molar-refractivity contribution in [3.63, 3.8) is 0 Å². The lowest BCUT2D eigenvalue weighted by Gasteiger charge is -2.04. The first-order chi connectivity index (χ1) is 7.85. The molecule has 0 aliphatic heterocycles. The van der Waals surface area contributed by atoms with Crippen molar-refractivity contribution in [3.05, 3.63) is 42.2 Å². The van der Waals surface area contributed by atoms with Gasteiger partial charge in [-0.15, -0.1) is 0 Å². The van der Waals surface area contributed by atoms with Gasteiger partial charge in [0, 0.05) is 23.3 Å². The van der Waals surface area contributed by atoms with Crippen LogP contribution in [-0.4, -0.2) is 9.55 Å². The van der Waals surface area contributed by atoms with Crippen LogP contribution in [-0.2, 0) is 11.9 Å².